The number of benzene rings is 2. The molecule has 6 heteroatoms. The van der Waals surface area contributed by atoms with Gasteiger partial charge >= 0.3 is 0 Å². The van der Waals surface area contributed by atoms with Crippen molar-refractivity contribution >= 4 is 34.4 Å². The molecular weight excluding hydrogens is 443 g/mol. The standard InChI is InChI=1S/C20H23IN2O3/c1-13(26-15-11-9-14(10-12-15)20(2,3)4)18(24)22-23-19(25)16-7-5-6-8-17(16)21/h5-13H,1-4H3,(H,22,24)(H,23,25). The van der Waals surface area contributed by atoms with E-state index in [0.29, 0.717) is 11.3 Å². The van der Waals surface area contributed by atoms with Crippen molar-refractivity contribution in [2.24, 2.45) is 0 Å². The zero-order chi connectivity index (χ0) is 19.3. The molecule has 0 aliphatic rings. The number of amides is 2. The van der Waals surface area contributed by atoms with Gasteiger partial charge in [0.05, 0.1) is 5.56 Å². The van der Waals surface area contributed by atoms with E-state index in [9.17, 15) is 9.59 Å². The predicted octanol–water partition coefficient (Wildman–Crippen LogP) is 3.82. The Morgan fingerprint density at radius 3 is 2.19 bits per heavy atom. The SMILES string of the molecule is CC(Oc1ccc(C(C)(C)C)cc1)C(=O)NNC(=O)c1ccccc1I. The first kappa shape index (κ1) is 20.2. The van der Waals surface area contributed by atoms with Crippen LogP contribution < -0.4 is 15.6 Å². The summed E-state index contributed by atoms with van der Waals surface area (Å²) < 4.78 is 6.45. The van der Waals surface area contributed by atoms with Crippen LogP contribution in [0.1, 0.15) is 43.6 Å². The summed E-state index contributed by atoms with van der Waals surface area (Å²) in [4.78, 5) is 24.3. The second kappa shape index (κ2) is 8.53. The lowest BCUT2D eigenvalue weighted by atomic mass is 9.87. The molecule has 0 heterocycles. The van der Waals surface area contributed by atoms with Crippen molar-refractivity contribution in [3.8, 4) is 5.75 Å². The molecule has 26 heavy (non-hydrogen) atoms. The normalized spacial score (nSPS) is 12.2. The van der Waals surface area contributed by atoms with Gasteiger partial charge in [0.2, 0.25) is 0 Å². The van der Waals surface area contributed by atoms with Crippen LogP contribution in [0.2, 0.25) is 0 Å². The number of rotatable bonds is 4. The number of hydrazine groups is 1. The van der Waals surface area contributed by atoms with Crippen LogP contribution in [0.3, 0.4) is 0 Å². The van der Waals surface area contributed by atoms with Gasteiger partial charge in [0, 0.05) is 3.57 Å². The van der Waals surface area contributed by atoms with Gasteiger partial charge in [-0.05, 0) is 64.8 Å². The summed E-state index contributed by atoms with van der Waals surface area (Å²) in [6.45, 7) is 8.03. The lowest BCUT2D eigenvalue weighted by molar-refractivity contribution is -0.128. The van der Waals surface area contributed by atoms with E-state index in [-0.39, 0.29) is 11.3 Å². The molecule has 2 rings (SSSR count). The molecule has 2 N–H and O–H groups in total. The third kappa shape index (κ3) is 5.45. The van der Waals surface area contributed by atoms with E-state index in [2.05, 4.69) is 54.2 Å². The van der Waals surface area contributed by atoms with Gasteiger partial charge in [0.1, 0.15) is 5.75 Å². The highest BCUT2D eigenvalue weighted by molar-refractivity contribution is 14.1. The largest absolute Gasteiger partial charge is 0.481 e. The minimum Gasteiger partial charge on any atom is -0.481 e. The molecule has 5 nitrogen and oxygen atoms in total. The molecule has 0 aromatic heterocycles. The van der Waals surface area contributed by atoms with Gasteiger partial charge in [0.15, 0.2) is 6.10 Å². The number of ether oxygens (including phenoxy) is 1. The Morgan fingerprint density at radius 1 is 1.00 bits per heavy atom. The van der Waals surface area contributed by atoms with Crippen LogP contribution in [-0.2, 0) is 10.2 Å². The van der Waals surface area contributed by atoms with Gasteiger partial charge < -0.3 is 4.74 Å². The molecule has 1 atom stereocenters. The number of carbonyl (C=O) groups is 2. The van der Waals surface area contributed by atoms with Gasteiger partial charge in [-0.15, -0.1) is 0 Å². The van der Waals surface area contributed by atoms with Gasteiger partial charge in [-0.2, -0.15) is 0 Å². The maximum atomic E-state index is 12.1. The molecule has 0 aliphatic carbocycles. The summed E-state index contributed by atoms with van der Waals surface area (Å²) >= 11 is 2.07. The van der Waals surface area contributed by atoms with Gasteiger partial charge in [-0.3, -0.25) is 20.4 Å². The zero-order valence-electron chi connectivity index (χ0n) is 15.3. The highest BCUT2D eigenvalue weighted by Crippen LogP contribution is 2.24. The molecule has 2 aromatic rings. The van der Waals surface area contributed by atoms with Crippen molar-refractivity contribution in [2.45, 2.75) is 39.2 Å². The first-order valence-electron chi connectivity index (χ1n) is 8.30. The molecule has 0 aliphatic heterocycles. The average molecular weight is 466 g/mol. The summed E-state index contributed by atoms with van der Waals surface area (Å²) in [6, 6.07) is 14.8. The molecule has 0 spiro atoms. The van der Waals surface area contributed by atoms with E-state index < -0.39 is 12.0 Å². The first-order valence-corrected chi connectivity index (χ1v) is 9.38. The highest BCUT2D eigenvalue weighted by Gasteiger charge is 2.18. The Hall–Kier alpha value is -2.09. The number of hydrogen-bond acceptors (Lipinski definition) is 3. The molecule has 0 fully saturated rings. The Balaban J connectivity index is 1.89. The van der Waals surface area contributed by atoms with Crippen LogP contribution in [0.25, 0.3) is 0 Å². The van der Waals surface area contributed by atoms with Crippen LogP contribution in [0.5, 0.6) is 5.75 Å². The first-order chi connectivity index (χ1) is 12.2. The molecule has 0 saturated heterocycles. The van der Waals surface area contributed by atoms with Crippen molar-refractivity contribution in [1.29, 1.82) is 0 Å². The summed E-state index contributed by atoms with van der Waals surface area (Å²) in [7, 11) is 0. The quantitative estimate of drug-likeness (QED) is 0.532. The summed E-state index contributed by atoms with van der Waals surface area (Å²) in [5, 5.41) is 0. The second-order valence-electron chi connectivity index (χ2n) is 6.96. The smallest absolute Gasteiger partial charge is 0.279 e. The molecule has 0 bridgehead atoms. The Bertz CT molecular complexity index is 782. The van der Waals surface area contributed by atoms with E-state index in [4.69, 9.17) is 4.74 Å². The third-order valence-electron chi connectivity index (χ3n) is 3.82. The molecule has 1 unspecified atom stereocenters. The molecule has 2 amide bonds. The maximum absolute atomic E-state index is 12.1. The second-order valence-corrected chi connectivity index (χ2v) is 8.12. The fourth-order valence-corrected chi connectivity index (χ4v) is 2.86. The summed E-state index contributed by atoms with van der Waals surface area (Å²) in [5.74, 6) is -0.196. The van der Waals surface area contributed by atoms with E-state index >= 15 is 0 Å². The van der Waals surface area contributed by atoms with Gasteiger partial charge in [-0.25, -0.2) is 0 Å². The number of hydrogen-bond donors (Lipinski definition) is 2. The Kier molecular flexibility index (Phi) is 6.63. The number of nitrogens with one attached hydrogen (secondary N) is 2. The van der Waals surface area contributed by atoms with E-state index in [1.54, 1.807) is 19.1 Å². The number of halogens is 1. The molecule has 0 radical (unpaired) electrons. The molecular formula is C20H23IN2O3. The molecule has 138 valence electrons. The average Bonchev–Trinajstić information content (AvgIpc) is 2.59. The highest BCUT2D eigenvalue weighted by atomic mass is 127. The van der Waals surface area contributed by atoms with Gasteiger partial charge in [0.25, 0.3) is 11.8 Å². The van der Waals surface area contributed by atoms with E-state index in [1.165, 1.54) is 5.56 Å². The van der Waals surface area contributed by atoms with Crippen molar-refractivity contribution in [2.75, 3.05) is 0 Å². The van der Waals surface area contributed by atoms with Crippen LogP contribution in [0.4, 0.5) is 0 Å². The van der Waals surface area contributed by atoms with Crippen LogP contribution >= 0.6 is 22.6 Å². The number of carbonyl (C=O) groups excluding carboxylic acids is 2. The minimum atomic E-state index is -0.745. The van der Waals surface area contributed by atoms with Gasteiger partial charge in [-0.1, -0.05) is 45.0 Å². The van der Waals surface area contributed by atoms with E-state index in [0.717, 1.165) is 3.57 Å². The van der Waals surface area contributed by atoms with Crippen molar-refractivity contribution in [1.82, 2.24) is 10.9 Å². The summed E-state index contributed by atoms with van der Waals surface area (Å²) in [6.07, 6.45) is -0.745. The minimum absolute atomic E-state index is 0.0563. The van der Waals surface area contributed by atoms with Crippen LogP contribution in [0.15, 0.2) is 48.5 Å². The van der Waals surface area contributed by atoms with Crippen LogP contribution in [-0.4, -0.2) is 17.9 Å². The molecule has 0 saturated carbocycles. The van der Waals surface area contributed by atoms with Crippen LogP contribution in [0, 0.1) is 3.57 Å². The summed E-state index contributed by atoms with van der Waals surface area (Å²) in [5.41, 5.74) is 6.55. The predicted molar refractivity (Wildman–Crippen MR) is 110 cm³/mol. The van der Waals surface area contributed by atoms with Crippen molar-refractivity contribution < 1.29 is 14.3 Å². The fourth-order valence-electron chi connectivity index (χ4n) is 2.22. The topological polar surface area (TPSA) is 67.4 Å². The molecule has 2 aromatic carbocycles. The van der Waals surface area contributed by atoms with E-state index in [1.807, 2.05) is 36.4 Å². The lowest BCUT2D eigenvalue weighted by Crippen LogP contribution is -2.47. The fraction of sp³-hybridized carbons (Fsp3) is 0.300. The third-order valence-corrected chi connectivity index (χ3v) is 4.76. The zero-order valence-corrected chi connectivity index (χ0v) is 17.5. The Labute approximate surface area is 167 Å². The maximum Gasteiger partial charge on any atom is 0.279 e. The van der Waals surface area contributed by atoms with Crippen molar-refractivity contribution in [3.63, 3.8) is 0 Å². The Morgan fingerprint density at radius 2 is 1.62 bits per heavy atom. The monoisotopic (exact) mass is 466 g/mol. The lowest BCUT2D eigenvalue weighted by Gasteiger charge is -2.20. The van der Waals surface area contributed by atoms with Crippen molar-refractivity contribution in [3.05, 3.63) is 63.2 Å².